The Morgan fingerprint density at radius 2 is 1.79 bits per heavy atom. The summed E-state index contributed by atoms with van der Waals surface area (Å²) in [5.41, 5.74) is 1.69. The summed E-state index contributed by atoms with van der Waals surface area (Å²) in [4.78, 5) is 12.2. The molecule has 0 radical (unpaired) electrons. The summed E-state index contributed by atoms with van der Waals surface area (Å²) in [6.07, 6.45) is -0.376. The number of carbonyl (C=O) groups is 1. The third-order valence-electron chi connectivity index (χ3n) is 4.40. The third-order valence-corrected chi connectivity index (χ3v) is 4.40. The van der Waals surface area contributed by atoms with E-state index in [1.165, 1.54) is 0 Å². The standard InChI is InChI=1S/C21H24N2O5/c1-25-17-9-8-14(10-18(17)26-2)12-22-21(24)23-13-20(27-3)19-11-15-6-4-5-7-16(15)28-19/h4-11,20H,12-13H2,1-3H3,(H2,22,23,24). The molecule has 0 spiro atoms. The molecule has 28 heavy (non-hydrogen) atoms. The average Bonchev–Trinajstić information content (AvgIpc) is 3.16. The highest BCUT2D eigenvalue weighted by Crippen LogP contribution is 2.27. The number of para-hydroxylation sites is 1. The van der Waals surface area contributed by atoms with Crippen LogP contribution in [0.25, 0.3) is 11.0 Å². The van der Waals surface area contributed by atoms with Crippen LogP contribution in [0.2, 0.25) is 0 Å². The first-order valence-electron chi connectivity index (χ1n) is 8.88. The predicted molar refractivity (Wildman–Crippen MR) is 106 cm³/mol. The molecule has 3 aromatic rings. The number of methoxy groups -OCH3 is 3. The highest BCUT2D eigenvalue weighted by atomic mass is 16.5. The van der Waals surface area contributed by atoms with E-state index < -0.39 is 0 Å². The Bertz CT molecular complexity index is 904. The van der Waals surface area contributed by atoms with Crippen LogP contribution in [0.3, 0.4) is 0 Å². The monoisotopic (exact) mass is 384 g/mol. The SMILES string of the molecule is COc1ccc(CNC(=O)NCC(OC)c2cc3ccccc3o2)cc1OC. The summed E-state index contributed by atoms with van der Waals surface area (Å²) in [5.74, 6) is 1.93. The smallest absolute Gasteiger partial charge is 0.315 e. The van der Waals surface area contributed by atoms with E-state index in [9.17, 15) is 4.79 Å². The Labute approximate surface area is 163 Å². The van der Waals surface area contributed by atoms with E-state index in [1.54, 1.807) is 27.4 Å². The molecule has 148 valence electrons. The second-order valence-electron chi connectivity index (χ2n) is 6.16. The molecule has 2 N–H and O–H groups in total. The first-order valence-corrected chi connectivity index (χ1v) is 8.88. The van der Waals surface area contributed by atoms with Gasteiger partial charge in [0.25, 0.3) is 0 Å². The fraction of sp³-hybridized carbons (Fsp3) is 0.286. The fourth-order valence-electron chi connectivity index (χ4n) is 2.88. The first-order chi connectivity index (χ1) is 13.6. The lowest BCUT2D eigenvalue weighted by atomic mass is 10.2. The normalized spacial score (nSPS) is 11.8. The van der Waals surface area contributed by atoms with Crippen molar-refractivity contribution in [2.45, 2.75) is 12.6 Å². The molecular formula is C21H24N2O5. The molecule has 0 aliphatic rings. The van der Waals surface area contributed by atoms with Gasteiger partial charge < -0.3 is 29.3 Å². The van der Waals surface area contributed by atoms with Crippen LogP contribution >= 0.6 is 0 Å². The van der Waals surface area contributed by atoms with E-state index in [2.05, 4.69) is 10.6 Å². The van der Waals surface area contributed by atoms with Gasteiger partial charge in [0, 0.05) is 19.0 Å². The maximum atomic E-state index is 12.2. The summed E-state index contributed by atoms with van der Waals surface area (Å²) < 4.78 is 21.8. The van der Waals surface area contributed by atoms with E-state index in [0.29, 0.717) is 23.8 Å². The maximum Gasteiger partial charge on any atom is 0.315 e. The lowest BCUT2D eigenvalue weighted by Gasteiger charge is -2.15. The number of urea groups is 1. The van der Waals surface area contributed by atoms with Gasteiger partial charge >= 0.3 is 6.03 Å². The predicted octanol–water partition coefficient (Wildman–Crippen LogP) is 3.64. The molecule has 0 saturated heterocycles. The zero-order chi connectivity index (χ0) is 19.9. The van der Waals surface area contributed by atoms with Gasteiger partial charge in [-0.25, -0.2) is 4.79 Å². The Morgan fingerprint density at radius 3 is 2.50 bits per heavy atom. The molecule has 0 bridgehead atoms. The number of amides is 2. The number of rotatable bonds is 8. The van der Waals surface area contributed by atoms with Crippen molar-refractivity contribution in [3.05, 3.63) is 59.9 Å². The Morgan fingerprint density at radius 1 is 1.00 bits per heavy atom. The fourth-order valence-corrected chi connectivity index (χ4v) is 2.88. The summed E-state index contributed by atoms with van der Waals surface area (Å²) >= 11 is 0. The second-order valence-corrected chi connectivity index (χ2v) is 6.16. The van der Waals surface area contributed by atoms with Crippen LogP contribution in [0.1, 0.15) is 17.4 Å². The van der Waals surface area contributed by atoms with Crippen LogP contribution < -0.4 is 20.1 Å². The van der Waals surface area contributed by atoms with Crippen molar-refractivity contribution in [1.82, 2.24) is 10.6 Å². The van der Waals surface area contributed by atoms with Gasteiger partial charge in [0.05, 0.1) is 20.8 Å². The van der Waals surface area contributed by atoms with Crippen molar-refractivity contribution in [3.8, 4) is 11.5 Å². The maximum absolute atomic E-state index is 12.2. The summed E-state index contributed by atoms with van der Waals surface area (Å²) in [6.45, 7) is 0.641. The van der Waals surface area contributed by atoms with Gasteiger partial charge in [-0.05, 0) is 29.8 Å². The third kappa shape index (κ3) is 4.55. The Balaban J connectivity index is 1.54. The molecule has 1 aromatic heterocycles. The molecule has 3 rings (SSSR count). The minimum absolute atomic E-state index is 0.286. The van der Waals surface area contributed by atoms with Crippen LogP contribution in [0.4, 0.5) is 4.79 Å². The number of benzene rings is 2. The topological polar surface area (TPSA) is 82.0 Å². The number of nitrogens with one attached hydrogen (secondary N) is 2. The Kier molecular flexibility index (Phi) is 6.39. The van der Waals surface area contributed by atoms with Crippen molar-refractivity contribution in [3.63, 3.8) is 0 Å². The Hall–Kier alpha value is -3.19. The lowest BCUT2D eigenvalue weighted by Crippen LogP contribution is -2.37. The molecule has 0 aliphatic heterocycles. The van der Waals surface area contributed by atoms with Crippen molar-refractivity contribution < 1.29 is 23.4 Å². The van der Waals surface area contributed by atoms with Gasteiger partial charge in [-0.15, -0.1) is 0 Å². The average molecular weight is 384 g/mol. The number of carbonyl (C=O) groups excluding carboxylic acids is 1. The summed E-state index contributed by atoms with van der Waals surface area (Å²) in [7, 11) is 4.74. The van der Waals surface area contributed by atoms with Gasteiger partial charge in [-0.2, -0.15) is 0 Å². The van der Waals surface area contributed by atoms with Crippen LogP contribution in [0.15, 0.2) is 52.9 Å². The minimum Gasteiger partial charge on any atom is -0.493 e. The van der Waals surface area contributed by atoms with Crippen molar-refractivity contribution >= 4 is 17.0 Å². The van der Waals surface area contributed by atoms with Crippen molar-refractivity contribution in [1.29, 1.82) is 0 Å². The largest absolute Gasteiger partial charge is 0.493 e. The molecule has 1 atom stereocenters. The highest BCUT2D eigenvalue weighted by Gasteiger charge is 2.17. The number of fused-ring (bicyclic) bond motifs is 1. The van der Waals surface area contributed by atoms with E-state index in [-0.39, 0.29) is 18.7 Å². The van der Waals surface area contributed by atoms with Crippen LogP contribution in [0, 0.1) is 0 Å². The second kappa shape index (κ2) is 9.14. The van der Waals surface area contributed by atoms with Crippen LogP contribution in [-0.4, -0.2) is 33.9 Å². The quantitative estimate of drug-likeness (QED) is 0.620. The van der Waals surface area contributed by atoms with E-state index in [1.807, 2.05) is 42.5 Å². The molecule has 2 amide bonds. The number of hydrogen-bond acceptors (Lipinski definition) is 5. The molecule has 7 nitrogen and oxygen atoms in total. The molecule has 7 heteroatoms. The van der Waals surface area contributed by atoms with Gasteiger partial charge in [-0.1, -0.05) is 24.3 Å². The molecule has 0 fully saturated rings. The van der Waals surface area contributed by atoms with Gasteiger partial charge in [-0.3, -0.25) is 0 Å². The van der Waals surface area contributed by atoms with E-state index in [0.717, 1.165) is 16.5 Å². The number of furan rings is 1. The van der Waals surface area contributed by atoms with E-state index in [4.69, 9.17) is 18.6 Å². The molecule has 1 unspecified atom stereocenters. The number of ether oxygens (including phenoxy) is 3. The van der Waals surface area contributed by atoms with Crippen LogP contribution in [-0.2, 0) is 11.3 Å². The molecular weight excluding hydrogens is 360 g/mol. The van der Waals surface area contributed by atoms with Crippen molar-refractivity contribution in [2.24, 2.45) is 0 Å². The molecule has 0 saturated carbocycles. The minimum atomic E-state index is -0.376. The number of hydrogen-bond donors (Lipinski definition) is 2. The van der Waals surface area contributed by atoms with Gasteiger partial charge in [0.1, 0.15) is 17.4 Å². The van der Waals surface area contributed by atoms with E-state index >= 15 is 0 Å². The summed E-state index contributed by atoms with van der Waals surface area (Å²) in [6, 6.07) is 14.9. The molecule has 2 aromatic carbocycles. The van der Waals surface area contributed by atoms with Gasteiger partial charge in [0.2, 0.25) is 0 Å². The summed E-state index contributed by atoms with van der Waals surface area (Å²) in [5, 5.41) is 6.62. The highest BCUT2D eigenvalue weighted by molar-refractivity contribution is 5.78. The van der Waals surface area contributed by atoms with Crippen LogP contribution in [0.5, 0.6) is 11.5 Å². The zero-order valence-electron chi connectivity index (χ0n) is 16.2. The molecule has 0 aliphatic carbocycles. The first kappa shape index (κ1) is 19.6. The van der Waals surface area contributed by atoms with Crippen molar-refractivity contribution in [2.75, 3.05) is 27.9 Å². The lowest BCUT2D eigenvalue weighted by molar-refractivity contribution is 0.0865. The zero-order valence-corrected chi connectivity index (χ0v) is 16.2. The molecule has 1 heterocycles. The van der Waals surface area contributed by atoms with Gasteiger partial charge in [0.15, 0.2) is 11.5 Å².